The summed E-state index contributed by atoms with van der Waals surface area (Å²) >= 11 is 0. The smallest absolute Gasteiger partial charge is 0.162 e. The Morgan fingerprint density at radius 3 is 2.40 bits per heavy atom. The van der Waals surface area contributed by atoms with Crippen molar-refractivity contribution in [3.63, 3.8) is 0 Å². The van der Waals surface area contributed by atoms with Gasteiger partial charge in [0.25, 0.3) is 0 Å². The molecule has 0 amide bonds. The van der Waals surface area contributed by atoms with Gasteiger partial charge in [-0.15, -0.1) is 0 Å². The molecule has 5 nitrogen and oxygen atoms in total. The largest absolute Gasteiger partial charge is 0.493 e. The molecule has 1 aliphatic rings. The van der Waals surface area contributed by atoms with Crippen molar-refractivity contribution in [3.05, 3.63) is 47.7 Å². The molecule has 0 aliphatic carbocycles. The monoisotopic (exact) mass is 407 g/mol. The molecule has 3 aromatic rings. The number of fused-ring (bicyclic) bond motifs is 1. The second kappa shape index (κ2) is 8.60. The molecule has 1 atom stereocenters. The average molecular weight is 408 g/mol. The molecular formula is C25H33N3O2. The minimum absolute atomic E-state index is 0.642. The summed E-state index contributed by atoms with van der Waals surface area (Å²) in [6, 6.07) is 12.6. The molecule has 1 fully saturated rings. The van der Waals surface area contributed by atoms with E-state index in [1.54, 1.807) is 19.8 Å². The van der Waals surface area contributed by atoms with Gasteiger partial charge in [-0.05, 0) is 82.1 Å². The lowest BCUT2D eigenvalue weighted by Crippen LogP contribution is -2.18. The van der Waals surface area contributed by atoms with Gasteiger partial charge in [-0.2, -0.15) is 0 Å². The number of benzene rings is 2. The van der Waals surface area contributed by atoms with Crippen LogP contribution in [0.2, 0.25) is 0 Å². The number of aryl methyl sites for hydroxylation is 1. The van der Waals surface area contributed by atoms with Gasteiger partial charge in [0.1, 0.15) is 0 Å². The summed E-state index contributed by atoms with van der Waals surface area (Å²) in [5, 5.41) is 4.91. The normalized spacial score (nSPS) is 17.7. The predicted octanol–water partition coefficient (Wildman–Crippen LogP) is 5.45. The highest BCUT2D eigenvalue weighted by atomic mass is 16.5. The van der Waals surface area contributed by atoms with Crippen LogP contribution in [0.1, 0.15) is 36.4 Å². The molecule has 1 saturated heterocycles. The molecule has 0 spiro atoms. The summed E-state index contributed by atoms with van der Waals surface area (Å²) in [7, 11) is 7.74. The van der Waals surface area contributed by atoms with Crippen LogP contribution >= 0.6 is 0 Å². The molecule has 1 N–H and O–H groups in total. The fraction of sp³-hybridized carbons (Fsp3) is 0.440. The fourth-order valence-electron chi connectivity index (χ4n) is 4.80. The van der Waals surface area contributed by atoms with Gasteiger partial charge in [0, 0.05) is 35.6 Å². The lowest BCUT2D eigenvalue weighted by atomic mass is 9.90. The van der Waals surface area contributed by atoms with Crippen LogP contribution in [0.3, 0.4) is 0 Å². The Morgan fingerprint density at radius 1 is 0.900 bits per heavy atom. The van der Waals surface area contributed by atoms with E-state index in [0.29, 0.717) is 5.92 Å². The first-order valence-corrected chi connectivity index (χ1v) is 10.8. The molecule has 5 heteroatoms. The number of methoxy groups -OCH3 is 2. The minimum atomic E-state index is 0.642. The van der Waals surface area contributed by atoms with Gasteiger partial charge < -0.3 is 24.3 Å². The van der Waals surface area contributed by atoms with Crippen molar-refractivity contribution >= 4 is 22.3 Å². The Labute approximate surface area is 179 Å². The first-order chi connectivity index (χ1) is 14.5. The highest BCUT2D eigenvalue weighted by Gasteiger charge is 2.23. The third kappa shape index (κ3) is 3.86. The average Bonchev–Trinajstić information content (AvgIpc) is 2.88. The second-order valence-corrected chi connectivity index (χ2v) is 8.42. The van der Waals surface area contributed by atoms with Gasteiger partial charge >= 0.3 is 0 Å². The quantitative estimate of drug-likeness (QED) is 0.611. The molecule has 2 aromatic carbocycles. The zero-order valence-electron chi connectivity index (χ0n) is 18.8. The van der Waals surface area contributed by atoms with E-state index >= 15 is 0 Å². The highest BCUT2D eigenvalue weighted by Crippen LogP contribution is 2.38. The Bertz CT molecular complexity index is 1040. The maximum atomic E-state index is 5.44. The van der Waals surface area contributed by atoms with E-state index in [9.17, 15) is 0 Å². The predicted molar refractivity (Wildman–Crippen MR) is 125 cm³/mol. The minimum Gasteiger partial charge on any atom is -0.493 e. The van der Waals surface area contributed by atoms with E-state index in [0.717, 1.165) is 22.9 Å². The Kier molecular flexibility index (Phi) is 5.91. The molecule has 30 heavy (non-hydrogen) atoms. The van der Waals surface area contributed by atoms with Crippen LogP contribution in [0.5, 0.6) is 11.5 Å². The summed E-state index contributed by atoms with van der Waals surface area (Å²) < 4.78 is 13.1. The summed E-state index contributed by atoms with van der Waals surface area (Å²) in [5.41, 5.74) is 6.27. The van der Waals surface area contributed by atoms with Crippen molar-refractivity contribution in [2.24, 2.45) is 7.05 Å². The van der Waals surface area contributed by atoms with Crippen molar-refractivity contribution in [2.45, 2.75) is 32.1 Å². The van der Waals surface area contributed by atoms with Gasteiger partial charge in [0.05, 0.1) is 19.7 Å². The Morgan fingerprint density at radius 2 is 1.63 bits per heavy atom. The molecule has 1 aromatic heterocycles. The molecule has 160 valence electrons. The Balaban J connectivity index is 1.66. The molecular weight excluding hydrogens is 374 g/mol. The number of hydrogen-bond acceptors (Lipinski definition) is 4. The van der Waals surface area contributed by atoms with E-state index in [2.05, 4.69) is 54.0 Å². The third-order valence-corrected chi connectivity index (χ3v) is 6.57. The third-order valence-electron chi connectivity index (χ3n) is 6.57. The molecule has 0 radical (unpaired) electrons. The molecule has 4 rings (SSSR count). The van der Waals surface area contributed by atoms with Gasteiger partial charge in [-0.25, -0.2) is 0 Å². The molecule has 2 heterocycles. The van der Waals surface area contributed by atoms with Crippen molar-refractivity contribution < 1.29 is 9.47 Å². The standard InChI is InChI=1S/C25H33N3O2/c1-17-25(18-7-6-13-27(2)14-12-18)21-10-8-19(15-22(21)28(17)3)26-20-9-11-23(29-4)24(16-20)30-5/h8-11,15-16,18,26H,6-7,12-14H2,1-5H3. The summed E-state index contributed by atoms with van der Waals surface area (Å²) in [4.78, 5) is 2.46. The number of likely N-dealkylation sites (tertiary alicyclic amines) is 1. The van der Waals surface area contributed by atoms with E-state index in [1.807, 2.05) is 18.2 Å². The summed E-state index contributed by atoms with van der Waals surface area (Å²) in [6.07, 6.45) is 3.79. The van der Waals surface area contributed by atoms with E-state index in [1.165, 1.54) is 48.9 Å². The molecule has 0 bridgehead atoms. The van der Waals surface area contributed by atoms with Gasteiger partial charge in [0.15, 0.2) is 11.5 Å². The lowest BCUT2D eigenvalue weighted by Gasteiger charge is -2.16. The molecule has 0 saturated carbocycles. The van der Waals surface area contributed by atoms with Crippen molar-refractivity contribution in [3.8, 4) is 11.5 Å². The second-order valence-electron chi connectivity index (χ2n) is 8.42. The number of anilines is 2. The van der Waals surface area contributed by atoms with E-state index in [-0.39, 0.29) is 0 Å². The Hall–Kier alpha value is -2.66. The van der Waals surface area contributed by atoms with Crippen molar-refractivity contribution in [1.29, 1.82) is 0 Å². The summed E-state index contributed by atoms with van der Waals surface area (Å²) in [6.45, 7) is 4.66. The number of nitrogens with one attached hydrogen (secondary N) is 1. The zero-order valence-corrected chi connectivity index (χ0v) is 18.8. The highest BCUT2D eigenvalue weighted by molar-refractivity contribution is 5.89. The van der Waals surface area contributed by atoms with Crippen LogP contribution < -0.4 is 14.8 Å². The zero-order chi connectivity index (χ0) is 21.3. The summed E-state index contributed by atoms with van der Waals surface area (Å²) in [5.74, 6) is 2.09. The first-order valence-electron chi connectivity index (χ1n) is 10.8. The van der Waals surface area contributed by atoms with Crippen LogP contribution in [0.15, 0.2) is 36.4 Å². The van der Waals surface area contributed by atoms with E-state index in [4.69, 9.17) is 9.47 Å². The van der Waals surface area contributed by atoms with E-state index < -0.39 is 0 Å². The lowest BCUT2D eigenvalue weighted by molar-refractivity contribution is 0.347. The number of nitrogens with zero attached hydrogens (tertiary/aromatic N) is 2. The molecule has 1 unspecified atom stereocenters. The van der Waals surface area contributed by atoms with Crippen LogP contribution in [0.4, 0.5) is 11.4 Å². The fourth-order valence-corrected chi connectivity index (χ4v) is 4.80. The van der Waals surface area contributed by atoms with Crippen molar-refractivity contribution in [1.82, 2.24) is 9.47 Å². The molecule has 1 aliphatic heterocycles. The number of hydrogen-bond donors (Lipinski definition) is 1. The topological polar surface area (TPSA) is 38.7 Å². The number of aromatic nitrogens is 1. The maximum absolute atomic E-state index is 5.44. The number of rotatable bonds is 5. The SMILES string of the molecule is COc1ccc(Nc2ccc3c(C4CCCN(C)CC4)c(C)n(C)c3c2)cc1OC. The van der Waals surface area contributed by atoms with Crippen molar-refractivity contribution in [2.75, 3.05) is 39.7 Å². The maximum Gasteiger partial charge on any atom is 0.162 e. The van der Waals surface area contributed by atoms with Gasteiger partial charge in [-0.3, -0.25) is 0 Å². The van der Waals surface area contributed by atoms with Crippen LogP contribution in [0, 0.1) is 6.92 Å². The number of ether oxygens (including phenoxy) is 2. The van der Waals surface area contributed by atoms with Crippen LogP contribution in [0.25, 0.3) is 10.9 Å². The van der Waals surface area contributed by atoms with Gasteiger partial charge in [0.2, 0.25) is 0 Å². The van der Waals surface area contributed by atoms with Gasteiger partial charge in [-0.1, -0.05) is 6.07 Å². The van der Waals surface area contributed by atoms with Crippen LogP contribution in [-0.2, 0) is 7.05 Å². The van der Waals surface area contributed by atoms with Crippen LogP contribution in [-0.4, -0.2) is 43.8 Å². The first kappa shape index (κ1) is 20.6.